The van der Waals surface area contributed by atoms with Gasteiger partial charge in [-0.15, -0.1) is 0 Å². The van der Waals surface area contributed by atoms with Gasteiger partial charge in [0.1, 0.15) is 17.2 Å². The number of fused-ring (bicyclic) bond motifs is 1. The normalized spacial score (nSPS) is 13.4. The van der Waals surface area contributed by atoms with Crippen molar-refractivity contribution in [1.29, 1.82) is 0 Å². The summed E-state index contributed by atoms with van der Waals surface area (Å²) >= 11 is 0. The minimum atomic E-state index is -2.36. The molecule has 0 unspecified atom stereocenters. The molecular weight excluding hydrogens is 479 g/mol. The van der Waals surface area contributed by atoms with E-state index < -0.39 is 53.2 Å². The van der Waals surface area contributed by atoms with Crippen LogP contribution in [0.3, 0.4) is 0 Å². The second kappa shape index (κ2) is 9.45. The van der Waals surface area contributed by atoms with Gasteiger partial charge in [0.25, 0.3) is 0 Å². The highest BCUT2D eigenvalue weighted by Gasteiger charge is 2.29. The van der Waals surface area contributed by atoms with E-state index in [4.69, 9.17) is 14.2 Å². The topological polar surface area (TPSA) is 71.1 Å². The summed E-state index contributed by atoms with van der Waals surface area (Å²) in [7, 11) is 1.52. The molecule has 0 fully saturated rings. The molecule has 0 spiro atoms. The minimum absolute atomic E-state index is 0.0169. The maximum atomic E-state index is 13.6. The average Bonchev–Trinajstić information content (AvgIpc) is 3.16. The van der Waals surface area contributed by atoms with E-state index in [0.29, 0.717) is 11.3 Å². The average molecular weight is 492 g/mol. The zero-order chi connectivity index (χ0) is 25.3. The van der Waals surface area contributed by atoms with Crippen molar-refractivity contribution in [1.82, 2.24) is 0 Å². The van der Waals surface area contributed by atoms with Gasteiger partial charge in [-0.05, 0) is 35.9 Å². The van der Waals surface area contributed by atoms with Crippen LogP contribution in [-0.2, 0) is 4.79 Å². The SMILES string of the molecule is COc1ccc(/C=C2\Oc3cc(OC(=O)COc4c(F)c(F)c(F)c(F)c4F)ccc3C2=O)cc1. The fourth-order valence-corrected chi connectivity index (χ4v) is 3.09. The second-order valence-electron chi connectivity index (χ2n) is 7.03. The van der Waals surface area contributed by atoms with Gasteiger partial charge in [0, 0.05) is 6.07 Å². The predicted octanol–water partition coefficient (Wildman–Crippen LogP) is 4.99. The molecule has 3 aromatic rings. The summed E-state index contributed by atoms with van der Waals surface area (Å²) < 4.78 is 86.8. The second-order valence-corrected chi connectivity index (χ2v) is 7.03. The Hall–Kier alpha value is -4.41. The van der Waals surface area contributed by atoms with Gasteiger partial charge in [-0.25, -0.2) is 18.0 Å². The molecule has 1 aliphatic heterocycles. The zero-order valence-electron chi connectivity index (χ0n) is 17.7. The third-order valence-corrected chi connectivity index (χ3v) is 4.79. The molecule has 11 heteroatoms. The van der Waals surface area contributed by atoms with Crippen LogP contribution in [0.2, 0.25) is 0 Å². The van der Waals surface area contributed by atoms with Crippen LogP contribution in [0, 0.1) is 29.1 Å². The van der Waals surface area contributed by atoms with Crippen molar-refractivity contribution in [3.05, 3.63) is 88.4 Å². The number of carbonyl (C=O) groups excluding carboxylic acids is 2. The fraction of sp³-hybridized carbons (Fsp3) is 0.0833. The first kappa shape index (κ1) is 23.7. The van der Waals surface area contributed by atoms with Crippen LogP contribution in [0.4, 0.5) is 22.0 Å². The standard InChI is InChI=1S/C24H13F5O6/c1-32-12-4-2-11(3-5-12)8-16-23(31)14-7-6-13(9-15(14)35-16)34-17(30)10-33-24-21(28)19(26)18(25)20(27)22(24)29/h2-9H,10H2,1H3/b16-8-. The first-order chi connectivity index (χ1) is 16.7. The lowest BCUT2D eigenvalue weighted by atomic mass is 10.1. The Labute approximate surface area is 194 Å². The summed E-state index contributed by atoms with van der Waals surface area (Å²) in [6, 6.07) is 10.6. The van der Waals surface area contributed by atoms with Gasteiger partial charge < -0.3 is 18.9 Å². The van der Waals surface area contributed by atoms with Crippen molar-refractivity contribution in [2.75, 3.05) is 13.7 Å². The summed E-state index contributed by atoms with van der Waals surface area (Å²) in [5.74, 6) is -13.9. The maximum absolute atomic E-state index is 13.6. The van der Waals surface area contributed by atoms with E-state index in [0.717, 1.165) is 0 Å². The first-order valence-electron chi connectivity index (χ1n) is 9.77. The van der Waals surface area contributed by atoms with E-state index in [1.165, 1.54) is 31.4 Å². The highest BCUT2D eigenvalue weighted by atomic mass is 19.2. The first-order valence-corrected chi connectivity index (χ1v) is 9.77. The van der Waals surface area contributed by atoms with Gasteiger partial charge in [0.2, 0.25) is 34.9 Å². The van der Waals surface area contributed by atoms with Crippen LogP contribution in [0.15, 0.2) is 48.2 Å². The van der Waals surface area contributed by atoms with Gasteiger partial charge in [0.05, 0.1) is 12.7 Å². The molecule has 0 N–H and O–H groups in total. The van der Waals surface area contributed by atoms with Crippen LogP contribution in [-0.4, -0.2) is 25.5 Å². The van der Waals surface area contributed by atoms with E-state index in [9.17, 15) is 31.5 Å². The number of benzene rings is 3. The fourth-order valence-electron chi connectivity index (χ4n) is 3.09. The Morgan fingerprint density at radius 1 is 0.886 bits per heavy atom. The number of ketones is 1. The number of hydrogen-bond donors (Lipinski definition) is 0. The van der Waals surface area contributed by atoms with E-state index in [1.54, 1.807) is 24.3 Å². The number of allylic oxidation sites excluding steroid dienone is 1. The van der Waals surface area contributed by atoms with Crippen molar-refractivity contribution < 1.29 is 50.5 Å². The minimum Gasteiger partial charge on any atom is -0.497 e. The molecule has 0 saturated carbocycles. The molecule has 0 atom stereocenters. The highest BCUT2D eigenvalue weighted by molar-refractivity contribution is 6.14. The van der Waals surface area contributed by atoms with Gasteiger partial charge >= 0.3 is 5.97 Å². The Morgan fingerprint density at radius 2 is 1.49 bits per heavy atom. The van der Waals surface area contributed by atoms with E-state index in [2.05, 4.69) is 4.74 Å². The lowest BCUT2D eigenvalue weighted by molar-refractivity contribution is -0.136. The number of esters is 1. The van der Waals surface area contributed by atoms with E-state index >= 15 is 0 Å². The molecule has 0 aliphatic carbocycles. The van der Waals surface area contributed by atoms with Gasteiger partial charge in [0.15, 0.2) is 18.1 Å². The van der Waals surface area contributed by atoms with Crippen molar-refractivity contribution in [3.63, 3.8) is 0 Å². The molecule has 0 amide bonds. The lowest BCUT2D eigenvalue weighted by Crippen LogP contribution is -2.19. The van der Waals surface area contributed by atoms with Crippen LogP contribution >= 0.6 is 0 Å². The molecule has 0 bridgehead atoms. The maximum Gasteiger partial charge on any atom is 0.349 e. The number of Topliss-reactive ketones (excluding diaryl/α,β-unsaturated/α-hetero) is 1. The number of carbonyl (C=O) groups is 2. The van der Waals surface area contributed by atoms with E-state index in [-0.39, 0.29) is 22.8 Å². The van der Waals surface area contributed by atoms with Crippen LogP contribution < -0.4 is 18.9 Å². The molecule has 3 aromatic carbocycles. The van der Waals surface area contributed by atoms with Crippen molar-refractivity contribution in [3.8, 4) is 23.0 Å². The number of hydrogen-bond acceptors (Lipinski definition) is 6. The predicted molar refractivity (Wildman–Crippen MR) is 110 cm³/mol. The van der Waals surface area contributed by atoms with Gasteiger partial charge in [-0.1, -0.05) is 12.1 Å². The smallest absolute Gasteiger partial charge is 0.349 e. The third-order valence-electron chi connectivity index (χ3n) is 4.79. The van der Waals surface area contributed by atoms with Gasteiger partial charge in [-0.2, -0.15) is 8.78 Å². The molecule has 1 heterocycles. The van der Waals surface area contributed by atoms with Crippen LogP contribution in [0.25, 0.3) is 6.08 Å². The molecule has 35 heavy (non-hydrogen) atoms. The largest absolute Gasteiger partial charge is 0.497 e. The Morgan fingerprint density at radius 3 is 2.11 bits per heavy atom. The number of rotatable bonds is 6. The molecule has 4 rings (SSSR count). The zero-order valence-corrected chi connectivity index (χ0v) is 17.7. The Balaban J connectivity index is 1.44. The Kier molecular flexibility index (Phi) is 6.41. The molecule has 1 aliphatic rings. The van der Waals surface area contributed by atoms with Gasteiger partial charge in [-0.3, -0.25) is 4.79 Å². The van der Waals surface area contributed by atoms with Crippen molar-refractivity contribution in [2.45, 2.75) is 0 Å². The monoisotopic (exact) mass is 492 g/mol. The van der Waals surface area contributed by atoms with Crippen LogP contribution in [0.5, 0.6) is 23.0 Å². The summed E-state index contributed by atoms with van der Waals surface area (Å²) in [5, 5.41) is 0. The Bertz CT molecular complexity index is 1340. The number of ether oxygens (including phenoxy) is 4. The quantitative estimate of drug-likeness (QED) is 0.121. The van der Waals surface area contributed by atoms with Crippen LogP contribution in [0.1, 0.15) is 15.9 Å². The van der Waals surface area contributed by atoms with Crippen molar-refractivity contribution >= 4 is 17.8 Å². The summed E-state index contributed by atoms with van der Waals surface area (Å²) in [5.41, 5.74) is 0.862. The van der Waals surface area contributed by atoms with Crippen molar-refractivity contribution in [2.24, 2.45) is 0 Å². The number of methoxy groups -OCH3 is 1. The molecule has 0 radical (unpaired) electrons. The molecule has 0 saturated heterocycles. The summed E-state index contributed by atoms with van der Waals surface area (Å²) in [4.78, 5) is 24.5. The van der Waals surface area contributed by atoms with E-state index in [1.807, 2.05) is 0 Å². The molecule has 0 aromatic heterocycles. The number of halogens is 5. The third kappa shape index (κ3) is 4.65. The summed E-state index contributed by atoms with van der Waals surface area (Å²) in [6.45, 7) is -1.17. The molecule has 6 nitrogen and oxygen atoms in total. The summed E-state index contributed by atoms with van der Waals surface area (Å²) in [6.07, 6.45) is 1.51. The lowest BCUT2D eigenvalue weighted by Gasteiger charge is -2.10. The molecule has 180 valence electrons. The highest BCUT2D eigenvalue weighted by Crippen LogP contribution is 2.35. The molecular formula is C24H13F5O6.